The number of hydrogen-bond donors (Lipinski definition) is 1. The van der Waals surface area contributed by atoms with Crippen LogP contribution in [0, 0.1) is 23.0 Å². The maximum Gasteiger partial charge on any atom is 0.129 e. The van der Waals surface area contributed by atoms with Crippen LogP contribution in [0.15, 0.2) is 18.2 Å². The highest BCUT2D eigenvalue weighted by Gasteiger charge is 2.30. The first kappa shape index (κ1) is 14.4. The smallest absolute Gasteiger partial charge is 0.129 e. The molecule has 0 bridgehead atoms. The summed E-state index contributed by atoms with van der Waals surface area (Å²) < 4.78 is 26.5. The molecule has 2 rings (SSSR count). The molecule has 0 heterocycles. The standard InChI is InChI=1S/C16H23F2N/c1-16(2)7-5-11(6-8-16)15(19)9-12-3-4-13(17)10-14(12)18/h3-4,10-11,15H,5-9,19H2,1-2H3. The fourth-order valence-electron chi connectivity index (χ4n) is 2.96. The molecule has 3 heteroatoms. The van der Waals surface area contributed by atoms with Crippen molar-refractivity contribution in [2.24, 2.45) is 17.1 Å². The highest BCUT2D eigenvalue weighted by atomic mass is 19.1. The summed E-state index contributed by atoms with van der Waals surface area (Å²) in [5, 5.41) is 0. The van der Waals surface area contributed by atoms with Gasteiger partial charge in [0.2, 0.25) is 0 Å². The van der Waals surface area contributed by atoms with E-state index in [1.54, 1.807) is 0 Å². The Labute approximate surface area is 114 Å². The zero-order chi connectivity index (χ0) is 14.0. The minimum absolute atomic E-state index is 0.0314. The summed E-state index contributed by atoms with van der Waals surface area (Å²) in [6.45, 7) is 4.57. The van der Waals surface area contributed by atoms with Crippen molar-refractivity contribution in [1.82, 2.24) is 0 Å². The van der Waals surface area contributed by atoms with Gasteiger partial charge in [0.1, 0.15) is 11.6 Å². The average molecular weight is 267 g/mol. The van der Waals surface area contributed by atoms with E-state index in [4.69, 9.17) is 5.73 Å². The lowest BCUT2D eigenvalue weighted by molar-refractivity contribution is 0.172. The highest BCUT2D eigenvalue weighted by molar-refractivity contribution is 5.19. The molecule has 0 radical (unpaired) electrons. The van der Waals surface area contributed by atoms with Gasteiger partial charge in [-0.1, -0.05) is 19.9 Å². The van der Waals surface area contributed by atoms with Crippen molar-refractivity contribution in [3.63, 3.8) is 0 Å². The van der Waals surface area contributed by atoms with Gasteiger partial charge in [0.05, 0.1) is 0 Å². The van der Waals surface area contributed by atoms with Crippen LogP contribution in [0.1, 0.15) is 45.1 Å². The molecule has 0 amide bonds. The maximum atomic E-state index is 13.6. The molecule has 1 nitrogen and oxygen atoms in total. The summed E-state index contributed by atoms with van der Waals surface area (Å²) in [4.78, 5) is 0. The molecular formula is C16H23F2N. The Balaban J connectivity index is 1.96. The van der Waals surface area contributed by atoms with Crippen LogP contribution < -0.4 is 5.73 Å². The summed E-state index contributed by atoms with van der Waals surface area (Å²) in [7, 11) is 0. The predicted octanol–water partition coefficient (Wildman–Crippen LogP) is 4.05. The predicted molar refractivity (Wildman–Crippen MR) is 73.8 cm³/mol. The third-order valence-electron chi connectivity index (χ3n) is 4.46. The Bertz CT molecular complexity index is 432. The van der Waals surface area contributed by atoms with Crippen LogP contribution in [0.5, 0.6) is 0 Å². The molecule has 19 heavy (non-hydrogen) atoms. The number of nitrogens with two attached hydrogens (primary N) is 1. The minimum atomic E-state index is -0.533. The SMILES string of the molecule is CC1(C)CCC(C(N)Cc2ccc(F)cc2F)CC1. The summed E-state index contributed by atoms with van der Waals surface area (Å²) in [6.07, 6.45) is 5.07. The molecule has 1 aliphatic rings. The van der Waals surface area contributed by atoms with Crippen LogP contribution in [0.4, 0.5) is 8.78 Å². The molecular weight excluding hydrogens is 244 g/mol. The van der Waals surface area contributed by atoms with Crippen molar-refractivity contribution in [2.75, 3.05) is 0 Å². The van der Waals surface area contributed by atoms with Crippen LogP contribution in [-0.2, 0) is 6.42 Å². The Morgan fingerprint density at radius 2 is 1.89 bits per heavy atom. The Hall–Kier alpha value is -0.960. The Morgan fingerprint density at radius 3 is 2.47 bits per heavy atom. The molecule has 2 N–H and O–H groups in total. The molecule has 1 aromatic carbocycles. The molecule has 1 fully saturated rings. The molecule has 0 saturated heterocycles. The van der Waals surface area contributed by atoms with E-state index < -0.39 is 11.6 Å². The molecule has 0 spiro atoms. The molecule has 1 aliphatic carbocycles. The maximum absolute atomic E-state index is 13.6. The van der Waals surface area contributed by atoms with Gasteiger partial charge >= 0.3 is 0 Å². The molecule has 0 aromatic heterocycles. The summed E-state index contributed by atoms with van der Waals surface area (Å²) >= 11 is 0. The van der Waals surface area contributed by atoms with Gasteiger partial charge in [0.25, 0.3) is 0 Å². The first-order valence-electron chi connectivity index (χ1n) is 7.07. The van der Waals surface area contributed by atoms with Crippen LogP contribution in [0.3, 0.4) is 0 Å². The van der Waals surface area contributed by atoms with Gasteiger partial charge < -0.3 is 5.73 Å². The number of rotatable bonds is 3. The van der Waals surface area contributed by atoms with Gasteiger partial charge in [-0.25, -0.2) is 8.78 Å². The van der Waals surface area contributed by atoms with E-state index in [1.807, 2.05) is 0 Å². The van der Waals surface area contributed by atoms with E-state index >= 15 is 0 Å². The minimum Gasteiger partial charge on any atom is -0.327 e. The second kappa shape index (κ2) is 5.58. The van der Waals surface area contributed by atoms with Crippen molar-refractivity contribution < 1.29 is 8.78 Å². The van der Waals surface area contributed by atoms with Crippen LogP contribution in [-0.4, -0.2) is 6.04 Å². The largest absolute Gasteiger partial charge is 0.327 e. The second-order valence-electron chi connectivity index (χ2n) is 6.61. The fraction of sp³-hybridized carbons (Fsp3) is 0.625. The lowest BCUT2D eigenvalue weighted by atomic mass is 9.70. The van der Waals surface area contributed by atoms with Crippen molar-refractivity contribution in [1.29, 1.82) is 0 Å². The monoisotopic (exact) mass is 267 g/mol. The third kappa shape index (κ3) is 3.75. The summed E-state index contributed by atoms with van der Waals surface area (Å²) in [6, 6.07) is 3.72. The number of halogens is 2. The van der Waals surface area contributed by atoms with E-state index in [0.717, 1.165) is 18.9 Å². The van der Waals surface area contributed by atoms with Crippen molar-refractivity contribution >= 4 is 0 Å². The topological polar surface area (TPSA) is 26.0 Å². The van der Waals surface area contributed by atoms with Gasteiger partial charge in [0.15, 0.2) is 0 Å². The van der Waals surface area contributed by atoms with Crippen LogP contribution in [0.2, 0.25) is 0 Å². The zero-order valence-corrected chi connectivity index (χ0v) is 11.8. The molecule has 106 valence electrons. The quantitative estimate of drug-likeness (QED) is 0.878. The molecule has 0 aliphatic heterocycles. The van der Waals surface area contributed by atoms with Crippen molar-refractivity contribution in [3.8, 4) is 0 Å². The summed E-state index contributed by atoms with van der Waals surface area (Å²) in [5.74, 6) is -0.557. The fourth-order valence-corrected chi connectivity index (χ4v) is 2.96. The normalized spacial score (nSPS) is 21.3. The first-order valence-corrected chi connectivity index (χ1v) is 7.07. The zero-order valence-electron chi connectivity index (χ0n) is 11.8. The lowest BCUT2D eigenvalue weighted by Crippen LogP contribution is -2.36. The van der Waals surface area contributed by atoms with Crippen LogP contribution >= 0.6 is 0 Å². The Kier molecular flexibility index (Phi) is 4.24. The van der Waals surface area contributed by atoms with E-state index in [9.17, 15) is 8.78 Å². The second-order valence-corrected chi connectivity index (χ2v) is 6.61. The van der Waals surface area contributed by atoms with E-state index in [2.05, 4.69) is 13.8 Å². The molecule has 1 aromatic rings. The first-order chi connectivity index (χ1) is 8.87. The lowest BCUT2D eigenvalue weighted by Gasteiger charge is -2.37. The van der Waals surface area contributed by atoms with E-state index in [1.165, 1.54) is 25.0 Å². The third-order valence-corrected chi connectivity index (χ3v) is 4.46. The van der Waals surface area contributed by atoms with Crippen LogP contribution in [0.25, 0.3) is 0 Å². The van der Waals surface area contributed by atoms with Gasteiger partial charge in [0, 0.05) is 12.1 Å². The molecule has 1 atom stereocenters. The van der Waals surface area contributed by atoms with Gasteiger partial charge in [-0.2, -0.15) is 0 Å². The van der Waals surface area contributed by atoms with E-state index in [-0.39, 0.29) is 6.04 Å². The molecule has 1 saturated carbocycles. The Morgan fingerprint density at radius 1 is 1.26 bits per heavy atom. The van der Waals surface area contributed by atoms with E-state index in [0.29, 0.717) is 23.3 Å². The van der Waals surface area contributed by atoms with Gasteiger partial charge in [-0.3, -0.25) is 0 Å². The van der Waals surface area contributed by atoms with Gasteiger partial charge in [-0.15, -0.1) is 0 Å². The van der Waals surface area contributed by atoms with Gasteiger partial charge in [-0.05, 0) is 55.1 Å². The average Bonchev–Trinajstić information content (AvgIpc) is 2.32. The number of benzene rings is 1. The highest BCUT2D eigenvalue weighted by Crippen LogP contribution is 2.39. The number of hydrogen-bond acceptors (Lipinski definition) is 1. The molecule has 1 unspecified atom stereocenters. The summed E-state index contributed by atoms with van der Waals surface area (Å²) in [5.41, 5.74) is 7.16. The van der Waals surface area contributed by atoms with Crippen molar-refractivity contribution in [2.45, 2.75) is 52.0 Å². The van der Waals surface area contributed by atoms with Crippen molar-refractivity contribution in [3.05, 3.63) is 35.4 Å².